The summed E-state index contributed by atoms with van der Waals surface area (Å²) in [6.45, 7) is 6.75. The van der Waals surface area contributed by atoms with E-state index in [0.717, 1.165) is 48.7 Å². The summed E-state index contributed by atoms with van der Waals surface area (Å²) in [5.41, 5.74) is 1.55. The maximum atomic E-state index is 12.4. The number of aromatic nitrogens is 1. The zero-order valence-electron chi connectivity index (χ0n) is 16.1. The molecule has 3 aliphatic rings. The van der Waals surface area contributed by atoms with Crippen LogP contribution in [0.3, 0.4) is 0 Å². The number of likely N-dealkylation sites (tertiary alicyclic amines) is 1. The topological polar surface area (TPSA) is 70.4 Å². The Morgan fingerprint density at radius 1 is 1.08 bits per heavy atom. The van der Waals surface area contributed by atoms with Gasteiger partial charge in [-0.05, 0) is 77.3 Å². The maximum absolute atomic E-state index is 12.4. The minimum absolute atomic E-state index is 0.117. The van der Waals surface area contributed by atoms with Gasteiger partial charge in [-0.15, -0.1) is 0 Å². The van der Waals surface area contributed by atoms with Gasteiger partial charge in [-0.1, -0.05) is 12.1 Å². The average Bonchev–Trinajstić information content (AvgIpc) is 3.42. The molecule has 2 heterocycles. The lowest BCUT2D eigenvalue weighted by Crippen LogP contribution is -2.47. The lowest BCUT2D eigenvalue weighted by atomic mass is 9.88. The van der Waals surface area contributed by atoms with E-state index in [4.69, 9.17) is 4.52 Å². The minimum Gasteiger partial charge on any atom is -0.359 e. The third-order valence-corrected chi connectivity index (χ3v) is 6.44. The molecule has 2 amide bonds. The Labute approximate surface area is 156 Å². The summed E-state index contributed by atoms with van der Waals surface area (Å²) >= 11 is 0. The number of hydrogen-bond acceptors (Lipinski definition) is 4. The molecule has 1 aromatic rings. The van der Waals surface area contributed by atoms with Crippen LogP contribution in [0.4, 0.5) is 10.5 Å². The Morgan fingerprint density at radius 3 is 2.42 bits per heavy atom. The fraction of sp³-hybridized carbons (Fsp3) is 0.800. The molecule has 26 heavy (non-hydrogen) atoms. The summed E-state index contributed by atoms with van der Waals surface area (Å²) in [6, 6.07) is 0.873. The summed E-state index contributed by atoms with van der Waals surface area (Å²) < 4.78 is 5.40. The second kappa shape index (κ2) is 7.59. The molecule has 2 aliphatic carbocycles. The van der Waals surface area contributed by atoms with Crippen molar-refractivity contribution < 1.29 is 9.32 Å². The first-order valence-corrected chi connectivity index (χ1v) is 10.4. The Bertz CT molecular complexity index is 624. The van der Waals surface area contributed by atoms with Crippen LogP contribution in [0.2, 0.25) is 0 Å². The number of nitrogens with one attached hydrogen (secondary N) is 2. The molecule has 0 unspecified atom stereocenters. The molecule has 144 valence electrons. The van der Waals surface area contributed by atoms with E-state index in [1.807, 2.05) is 6.92 Å². The lowest BCUT2D eigenvalue weighted by molar-refractivity contribution is 0.104. The van der Waals surface area contributed by atoms with E-state index in [-0.39, 0.29) is 12.1 Å². The quantitative estimate of drug-likeness (QED) is 0.851. The highest BCUT2D eigenvalue weighted by molar-refractivity contribution is 5.90. The molecule has 4 rings (SSSR count). The highest BCUT2D eigenvalue weighted by atomic mass is 16.5. The summed E-state index contributed by atoms with van der Waals surface area (Å²) in [6.07, 6.45) is 9.46. The molecule has 0 atom stereocenters. The largest absolute Gasteiger partial charge is 0.359 e. The van der Waals surface area contributed by atoms with Crippen molar-refractivity contribution in [2.45, 2.75) is 83.2 Å². The highest BCUT2D eigenvalue weighted by Gasteiger charge is 2.33. The van der Waals surface area contributed by atoms with Gasteiger partial charge in [0.25, 0.3) is 0 Å². The average molecular weight is 361 g/mol. The molecule has 6 nitrogen and oxygen atoms in total. The van der Waals surface area contributed by atoms with Crippen LogP contribution in [-0.4, -0.2) is 41.3 Å². The molecule has 1 aromatic heterocycles. The molecule has 2 saturated carbocycles. The fourth-order valence-electron chi connectivity index (χ4n) is 4.48. The van der Waals surface area contributed by atoms with Crippen molar-refractivity contribution in [1.29, 1.82) is 0 Å². The van der Waals surface area contributed by atoms with E-state index in [1.54, 1.807) is 0 Å². The van der Waals surface area contributed by atoms with E-state index in [2.05, 4.69) is 27.6 Å². The molecule has 0 spiro atoms. The predicted molar refractivity (Wildman–Crippen MR) is 101 cm³/mol. The number of carbonyl (C=O) groups is 1. The van der Waals surface area contributed by atoms with Gasteiger partial charge in [-0.25, -0.2) is 4.79 Å². The van der Waals surface area contributed by atoms with E-state index in [1.165, 1.54) is 38.8 Å². The number of rotatable bonds is 4. The van der Waals surface area contributed by atoms with Crippen LogP contribution in [0, 0.1) is 12.8 Å². The standard InChI is InChI=1S/C20H32N4O2/c1-13-9-11-24(12-10-13)17-7-5-16(6-8-17)21-20(25)22-18-14(2)23-26-19(18)15-3-4-15/h13,15-17H,3-12H2,1-2H3,(H2,21,22,25). The van der Waals surface area contributed by atoms with Crippen LogP contribution < -0.4 is 10.6 Å². The van der Waals surface area contributed by atoms with Crippen molar-refractivity contribution in [3.05, 3.63) is 11.5 Å². The molecule has 2 N–H and O–H groups in total. The third-order valence-electron chi connectivity index (χ3n) is 6.44. The van der Waals surface area contributed by atoms with Gasteiger partial charge in [0.05, 0.1) is 0 Å². The fourth-order valence-corrected chi connectivity index (χ4v) is 4.48. The van der Waals surface area contributed by atoms with Crippen molar-refractivity contribution >= 4 is 11.7 Å². The SMILES string of the molecule is Cc1noc(C2CC2)c1NC(=O)NC1CCC(N2CCC(C)CC2)CC1. The van der Waals surface area contributed by atoms with Crippen LogP contribution in [0.5, 0.6) is 0 Å². The monoisotopic (exact) mass is 360 g/mol. The van der Waals surface area contributed by atoms with Crippen LogP contribution in [-0.2, 0) is 0 Å². The number of aryl methyl sites for hydroxylation is 1. The third kappa shape index (κ3) is 4.05. The molecule has 0 bridgehead atoms. The summed E-state index contributed by atoms with van der Waals surface area (Å²) in [7, 11) is 0. The molecule has 1 aliphatic heterocycles. The van der Waals surface area contributed by atoms with Gasteiger partial charge in [0.1, 0.15) is 11.4 Å². The highest BCUT2D eigenvalue weighted by Crippen LogP contribution is 2.44. The van der Waals surface area contributed by atoms with E-state index in [9.17, 15) is 4.79 Å². The number of nitrogens with zero attached hydrogens (tertiary/aromatic N) is 2. The van der Waals surface area contributed by atoms with Gasteiger partial charge >= 0.3 is 6.03 Å². The zero-order valence-corrected chi connectivity index (χ0v) is 16.1. The zero-order chi connectivity index (χ0) is 18.1. The molecular formula is C20H32N4O2. The van der Waals surface area contributed by atoms with Crippen molar-refractivity contribution in [2.75, 3.05) is 18.4 Å². The van der Waals surface area contributed by atoms with Crippen molar-refractivity contribution in [2.24, 2.45) is 5.92 Å². The van der Waals surface area contributed by atoms with E-state index >= 15 is 0 Å². The Balaban J connectivity index is 1.24. The van der Waals surface area contributed by atoms with E-state index < -0.39 is 0 Å². The first-order valence-electron chi connectivity index (χ1n) is 10.4. The maximum Gasteiger partial charge on any atom is 0.319 e. The van der Waals surface area contributed by atoms with Crippen molar-refractivity contribution in [3.8, 4) is 0 Å². The number of urea groups is 1. The molecule has 0 radical (unpaired) electrons. The van der Waals surface area contributed by atoms with E-state index in [0.29, 0.717) is 12.0 Å². The second-order valence-corrected chi connectivity index (χ2v) is 8.60. The van der Waals surface area contributed by atoms with Gasteiger partial charge in [0.15, 0.2) is 5.76 Å². The minimum atomic E-state index is -0.117. The van der Waals surface area contributed by atoms with Crippen LogP contribution in [0.25, 0.3) is 0 Å². The normalized spacial score (nSPS) is 28.1. The van der Waals surface area contributed by atoms with Crippen LogP contribution in [0.15, 0.2) is 4.52 Å². The predicted octanol–water partition coefficient (Wildman–Crippen LogP) is 4.03. The molecule has 0 aromatic carbocycles. The van der Waals surface area contributed by atoms with Gasteiger partial charge in [0, 0.05) is 18.0 Å². The lowest BCUT2D eigenvalue weighted by Gasteiger charge is -2.40. The molecule has 6 heteroatoms. The summed E-state index contributed by atoms with van der Waals surface area (Å²) in [5.74, 6) is 2.17. The summed E-state index contributed by atoms with van der Waals surface area (Å²) in [5, 5.41) is 10.2. The van der Waals surface area contributed by atoms with Gasteiger partial charge < -0.3 is 20.1 Å². The van der Waals surface area contributed by atoms with Crippen LogP contribution in [0.1, 0.15) is 75.7 Å². The number of hydrogen-bond donors (Lipinski definition) is 2. The Hall–Kier alpha value is -1.56. The van der Waals surface area contributed by atoms with Gasteiger partial charge in [-0.2, -0.15) is 0 Å². The number of carbonyl (C=O) groups excluding carboxylic acids is 1. The van der Waals surface area contributed by atoms with Crippen molar-refractivity contribution in [3.63, 3.8) is 0 Å². The smallest absolute Gasteiger partial charge is 0.319 e. The Kier molecular flexibility index (Phi) is 5.20. The second-order valence-electron chi connectivity index (χ2n) is 8.60. The number of anilines is 1. The molecule has 1 saturated heterocycles. The van der Waals surface area contributed by atoms with Gasteiger partial charge in [0.2, 0.25) is 0 Å². The summed E-state index contributed by atoms with van der Waals surface area (Å²) in [4.78, 5) is 15.1. The van der Waals surface area contributed by atoms with Crippen LogP contribution >= 0.6 is 0 Å². The molecule has 3 fully saturated rings. The number of amides is 2. The first kappa shape index (κ1) is 17.8. The Morgan fingerprint density at radius 2 is 1.77 bits per heavy atom. The number of piperidine rings is 1. The van der Waals surface area contributed by atoms with Crippen molar-refractivity contribution in [1.82, 2.24) is 15.4 Å². The van der Waals surface area contributed by atoms with Gasteiger partial charge in [-0.3, -0.25) is 0 Å². The first-order chi connectivity index (χ1) is 12.6. The molecular weight excluding hydrogens is 328 g/mol.